The van der Waals surface area contributed by atoms with E-state index in [1.807, 2.05) is 57.2 Å². The summed E-state index contributed by atoms with van der Waals surface area (Å²) in [6, 6.07) is 20.8. The van der Waals surface area contributed by atoms with Crippen LogP contribution in [0.5, 0.6) is 5.75 Å². The number of hydrogen-bond donors (Lipinski definition) is 0. The van der Waals surface area contributed by atoms with Crippen molar-refractivity contribution in [2.45, 2.75) is 70.9 Å². The fourth-order valence-corrected chi connectivity index (χ4v) is 4.49. The molecule has 0 saturated carbocycles. The van der Waals surface area contributed by atoms with Crippen molar-refractivity contribution in [2.75, 3.05) is 6.61 Å². The SMILES string of the molecule is CCC[C@H](c1ccc(C(=O)OC(C)(C)C)cc1)C(COCc1ccc(OC(F)(F)F)cc1)c1ccc(Cl)cc1. The van der Waals surface area contributed by atoms with Crippen molar-refractivity contribution in [1.82, 2.24) is 0 Å². The summed E-state index contributed by atoms with van der Waals surface area (Å²) >= 11 is 6.15. The van der Waals surface area contributed by atoms with Gasteiger partial charge in [-0.3, -0.25) is 0 Å². The molecule has 4 nitrogen and oxygen atoms in total. The van der Waals surface area contributed by atoms with Crippen molar-refractivity contribution in [1.29, 1.82) is 0 Å². The van der Waals surface area contributed by atoms with Crippen LogP contribution in [0.15, 0.2) is 72.8 Å². The Balaban J connectivity index is 1.79. The molecule has 3 aromatic carbocycles. The van der Waals surface area contributed by atoms with Crippen molar-refractivity contribution >= 4 is 17.6 Å². The van der Waals surface area contributed by atoms with Gasteiger partial charge in [0.2, 0.25) is 0 Å². The second-order valence-corrected chi connectivity index (χ2v) is 10.8. The highest BCUT2D eigenvalue weighted by Gasteiger charge is 2.31. The third-order valence-corrected chi connectivity index (χ3v) is 6.33. The lowest BCUT2D eigenvalue weighted by Gasteiger charge is -2.28. The first kappa shape index (κ1) is 30.5. The van der Waals surface area contributed by atoms with E-state index in [-0.39, 0.29) is 30.2 Å². The Labute approximate surface area is 233 Å². The van der Waals surface area contributed by atoms with Gasteiger partial charge in [-0.2, -0.15) is 0 Å². The van der Waals surface area contributed by atoms with E-state index in [9.17, 15) is 18.0 Å². The van der Waals surface area contributed by atoms with E-state index in [1.165, 1.54) is 12.1 Å². The van der Waals surface area contributed by atoms with Gasteiger partial charge in [0.1, 0.15) is 11.4 Å². The zero-order valence-electron chi connectivity index (χ0n) is 22.6. The summed E-state index contributed by atoms with van der Waals surface area (Å²) in [5, 5.41) is 0.633. The van der Waals surface area contributed by atoms with Gasteiger partial charge in [0, 0.05) is 10.9 Å². The monoisotopic (exact) mass is 562 g/mol. The molecule has 0 radical (unpaired) electrons. The Hall–Kier alpha value is -3.03. The first-order chi connectivity index (χ1) is 18.3. The van der Waals surface area contributed by atoms with Crippen LogP contribution >= 0.6 is 11.6 Å². The lowest BCUT2D eigenvalue weighted by molar-refractivity contribution is -0.274. The molecule has 0 spiro atoms. The normalized spacial score (nSPS) is 13.5. The number of ether oxygens (including phenoxy) is 3. The number of carbonyl (C=O) groups is 1. The Morgan fingerprint density at radius 2 is 1.41 bits per heavy atom. The molecule has 39 heavy (non-hydrogen) atoms. The number of halogens is 4. The van der Waals surface area contributed by atoms with Gasteiger partial charge in [-0.1, -0.05) is 61.3 Å². The van der Waals surface area contributed by atoms with Gasteiger partial charge < -0.3 is 14.2 Å². The maximum Gasteiger partial charge on any atom is 0.573 e. The molecule has 0 heterocycles. The molecule has 0 saturated heterocycles. The number of rotatable bonds is 11. The summed E-state index contributed by atoms with van der Waals surface area (Å²) in [6.45, 7) is 8.22. The molecule has 0 bridgehead atoms. The molecular weight excluding hydrogens is 529 g/mol. The van der Waals surface area contributed by atoms with Crippen LogP contribution in [-0.4, -0.2) is 24.5 Å². The van der Waals surface area contributed by atoms with Crippen molar-refractivity contribution in [3.63, 3.8) is 0 Å². The van der Waals surface area contributed by atoms with E-state index in [4.69, 9.17) is 21.1 Å². The van der Waals surface area contributed by atoms with Crippen LogP contribution in [-0.2, 0) is 16.1 Å². The van der Waals surface area contributed by atoms with Crippen molar-refractivity contribution < 1.29 is 32.2 Å². The molecule has 0 aliphatic carbocycles. The lowest BCUT2D eigenvalue weighted by atomic mass is 9.79. The number of hydrogen-bond acceptors (Lipinski definition) is 4. The molecule has 0 N–H and O–H groups in total. The predicted octanol–water partition coefficient (Wildman–Crippen LogP) is 9.08. The van der Waals surface area contributed by atoms with E-state index < -0.39 is 12.0 Å². The molecule has 2 atom stereocenters. The summed E-state index contributed by atoms with van der Waals surface area (Å²) in [4.78, 5) is 12.5. The zero-order chi connectivity index (χ0) is 28.6. The average Bonchev–Trinajstić information content (AvgIpc) is 2.85. The molecule has 0 aromatic heterocycles. The average molecular weight is 563 g/mol. The van der Waals surface area contributed by atoms with Gasteiger partial charge >= 0.3 is 12.3 Å². The number of carbonyl (C=O) groups excluding carboxylic acids is 1. The van der Waals surface area contributed by atoms with Gasteiger partial charge in [0.25, 0.3) is 0 Å². The summed E-state index contributed by atoms with van der Waals surface area (Å²) in [7, 11) is 0. The maximum absolute atomic E-state index is 12.5. The van der Waals surface area contributed by atoms with Crippen LogP contribution in [0.2, 0.25) is 5.02 Å². The molecule has 0 aliphatic heterocycles. The van der Waals surface area contributed by atoms with Gasteiger partial charge in [0.15, 0.2) is 0 Å². The second kappa shape index (κ2) is 13.4. The summed E-state index contributed by atoms with van der Waals surface area (Å²) in [5.74, 6) is -0.581. The van der Waals surface area contributed by atoms with Gasteiger partial charge in [-0.05, 0) is 86.2 Å². The van der Waals surface area contributed by atoms with E-state index in [2.05, 4.69) is 11.7 Å². The van der Waals surface area contributed by atoms with Crippen molar-refractivity contribution in [3.8, 4) is 5.75 Å². The van der Waals surface area contributed by atoms with Gasteiger partial charge in [-0.25, -0.2) is 4.79 Å². The van der Waals surface area contributed by atoms with Crippen LogP contribution in [0.3, 0.4) is 0 Å². The molecule has 0 aliphatic rings. The smallest absolute Gasteiger partial charge is 0.456 e. The maximum atomic E-state index is 12.5. The standard InChI is InChI=1S/C31H34ClF3O4/c1-5-6-27(22-9-11-24(12-10-22)29(36)39-30(2,3)4)28(23-13-15-25(32)16-14-23)20-37-19-21-7-17-26(18-8-21)38-31(33,34)35/h7-18,27-28H,5-6,19-20H2,1-4H3/t27-,28?/m1/s1. The van der Waals surface area contributed by atoms with Crippen molar-refractivity contribution in [3.05, 3.63) is 100 Å². The minimum atomic E-state index is -4.73. The zero-order valence-corrected chi connectivity index (χ0v) is 23.3. The van der Waals surface area contributed by atoms with Crippen LogP contribution in [0.25, 0.3) is 0 Å². The molecule has 210 valence electrons. The Bertz CT molecular complexity index is 1180. The predicted molar refractivity (Wildman–Crippen MR) is 146 cm³/mol. The molecule has 0 fully saturated rings. The molecular formula is C31H34ClF3O4. The summed E-state index contributed by atoms with van der Waals surface area (Å²) in [6.07, 6.45) is -2.92. The van der Waals surface area contributed by atoms with E-state index in [0.717, 1.165) is 29.5 Å². The van der Waals surface area contributed by atoms with Crippen LogP contribution in [0.4, 0.5) is 13.2 Å². The minimum Gasteiger partial charge on any atom is -0.456 e. The fourth-order valence-electron chi connectivity index (χ4n) is 4.36. The lowest BCUT2D eigenvalue weighted by Crippen LogP contribution is -2.24. The highest BCUT2D eigenvalue weighted by Crippen LogP contribution is 2.38. The van der Waals surface area contributed by atoms with E-state index in [0.29, 0.717) is 17.2 Å². The molecule has 8 heteroatoms. The quantitative estimate of drug-likeness (QED) is 0.219. The third-order valence-electron chi connectivity index (χ3n) is 6.08. The Kier molecular flexibility index (Phi) is 10.4. The van der Waals surface area contributed by atoms with Crippen LogP contribution in [0.1, 0.15) is 79.4 Å². The summed E-state index contributed by atoms with van der Waals surface area (Å²) < 4.78 is 52.9. The Morgan fingerprint density at radius 3 is 1.95 bits per heavy atom. The summed E-state index contributed by atoms with van der Waals surface area (Å²) in [5.41, 5.74) is 2.77. The van der Waals surface area contributed by atoms with Crippen molar-refractivity contribution in [2.24, 2.45) is 0 Å². The molecule has 3 aromatic rings. The first-order valence-electron chi connectivity index (χ1n) is 12.9. The van der Waals surface area contributed by atoms with Gasteiger partial charge in [-0.15, -0.1) is 13.2 Å². The second-order valence-electron chi connectivity index (χ2n) is 10.4. The molecule has 1 unspecified atom stereocenters. The minimum absolute atomic E-state index is 0.0255. The van der Waals surface area contributed by atoms with Crippen LogP contribution in [0, 0.1) is 0 Å². The number of esters is 1. The largest absolute Gasteiger partial charge is 0.573 e. The topological polar surface area (TPSA) is 44.8 Å². The highest BCUT2D eigenvalue weighted by atomic mass is 35.5. The number of benzene rings is 3. The molecule has 0 amide bonds. The number of alkyl halides is 3. The van der Waals surface area contributed by atoms with Crippen LogP contribution < -0.4 is 4.74 Å². The highest BCUT2D eigenvalue weighted by molar-refractivity contribution is 6.30. The van der Waals surface area contributed by atoms with Gasteiger partial charge in [0.05, 0.1) is 18.8 Å². The van der Waals surface area contributed by atoms with E-state index in [1.54, 1.807) is 24.3 Å². The fraction of sp³-hybridized carbons (Fsp3) is 0.387. The van der Waals surface area contributed by atoms with E-state index >= 15 is 0 Å². The molecule has 3 rings (SSSR count). The Morgan fingerprint density at radius 1 is 0.846 bits per heavy atom. The first-order valence-corrected chi connectivity index (χ1v) is 13.2. The third kappa shape index (κ3) is 9.90.